The first-order valence-electron chi connectivity index (χ1n) is 9.66. The van der Waals surface area contributed by atoms with Crippen molar-refractivity contribution in [1.29, 1.82) is 0 Å². The maximum atomic E-state index is 13.2. The molecule has 0 bridgehead atoms. The van der Waals surface area contributed by atoms with Crippen LogP contribution in [0.4, 0.5) is 0 Å². The number of hydrogen-bond donors (Lipinski definition) is 1. The molecule has 1 aromatic heterocycles. The first-order chi connectivity index (χ1) is 14.1. The van der Waals surface area contributed by atoms with E-state index in [2.05, 4.69) is 4.72 Å². The molecule has 0 saturated carbocycles. The van der Waals surface area contributed by atoms with Crippen LogP contribution in [0.5, 0.6) is 11.5 Å². The van der Waals surface area contributed by atoms with Gasteiger partial charge in [0.05, 0.1) is 28.3 Å². The summed E-state index contributed by atoms with van der Waals surface area (Å²) in [6, 6.07) is 9.74. The van der Waals surface area contributed by atoms with E-state index in [1.54, 1.807) is 42.0 Å². The van der Waals surface area contributed by atoms with Crippen LogP contribution in [0.1, 0.15) is 38.8 Å². The molecule has 1 N–H and O–H groups in total. The number of ether oxygens (including phenoxy) is 2. The average molecular weight is 449 g/mol. The fourth-order valence-corrected chi connectivity index (χ4v) is 6.14. The van der Waals surface area contributed by atoms with Gasteiger partial charge in [-0.2, -0.15) is 0 Å². The highest BCUT2D eigenvalue weighted by Crippen LogP contribution is 2.41. The molecule has 0 unspecified atom stereocenters. The summed E-state index contributed by atoms with van der Waals surface area (Å²) in [5.41, 5.74) is 0.964. The van der Waals surface area contributed by atoms with Crippen molar-refractivity contribution in [1.82, 2.24) is 9.29 Å². The van der Waals surface area contributed by atoms with Gasteiger partial charge in [0.25, 0.3) is 0 Å². The van der Waals surface area contributed by atoms with Gasteiger partial charge in [-0.3, -0.25) is 9.36 Å². The number of methoxy groups -OCH3 is 1. The molecule has 3 aromatic rings. The molecule has 7 nitrogen and oxygen atoms in total. The van der Waals surface area contributed by atoms with Gasteiger partial charge in [-0.05, 0) is 45.0 Å². The van der Waals surface area contributed by atoms with E-state index in [-0.39, 0.29) is 9.77 Å². The zero-order valence-corrected chi connectivity index (χ0v) is 18.9. The summed E-state index contributed by atoms with van der Waals surface area (Å²) < 4.78 is 42.8. The highest BCUT2D eigenvalue weighted by Gasteiger charge is 2.36. The SMILES string of the molecule is CCn1c(=O)sc2cc(S(=O)(=O)N[C@H]3CC(C)(C)Oc4cc(OC)ccc43)ccc21. The Bertz CT molecular complexity index is 1270. The number of nitrogens with one attached hydrogen (secondary N) is 1. The van der Waals surface area contributed by atoms with Crippen molar-refractivity contribution in [3.8, 4) is 11.5 Å². The van der Waals surface area contributed by atoms with Crippen LogP contribution in [0.3, 0.4) is 0 Å². The van der Waals surface area contributed by atoms with Gasteiger partial charge in [-0.25, -0.2) is 13.1 Å². The Morgan fingerprint density at radius 2 is 2.03 bits per heavy atom. The van der Waals surface area contributed by atoms with Gasteiger partial charge in [-0.15, -0.1) is 0 Å². The zero-order chi connectivity index (χ0) is 21.7. The summed E-state index contributed by atoms with van der Waals surface area (Å²) in [4.78, 5) is 12.1. The topological polar surface area (TPSA) is 86.6 Å². The summed E-state index contributed by atoms with van der Waals surface area (Å²) in [6.45, 7) is 6.28. The quantitative estimate of drug-likeness (QED) is 0.644. The number of rotatable bonds is 5. The smallest absolute Gasteiger partial charge is 0.308 e. The zero-order valence-electron chi connectivity index (χ0n) is 17.3. The van der Waals surface area contributed by atoms with E-state index >= 15 is 0 Å². The second kappa shape index (κ2) is 7.40. The Morgan fingerprint density at radius 3 is 2.73 bits per heavy atom. The van der Waals surface area contributed by atoms with Crippen molar-refractivity contribution in [2.45, 2.75) is 50.3 Å². The van der Waals surface area contributed by atoms with E-state index in [0.29, 0.717) is 29.2 Å². The van der Waals surface area contributed by atoms with Crippen LogP contribution in [-0.2, 0) is 16.6 Å². The minimum Gasteiger partial charge on any atom is -0.497 e. The maximum Gasteiger partial charge on any atom is 0.308 e. The van der Waals surface area contributed by atoms with Gasteiger partial charge in [-0.1, -0.05) is 17.4 Å². The number of benzene rings is 2. The van der Waals surface area contributed by atoms with E-state index in [9.17, 15) is 13.2 Å². The molecule has 1 aliphatic heterocycles. The summed E-state index contributed by atoms with van der Waals surface area (Å²) in [7, 11) is -2.24. The largest absolute Gasteiger partial charge is 0.497 e. The summed E-state index contributed by atoms with van der Waals surface area (Å²) in [5.74, 6) is 1.25. The third-order valence-electron chi connectivity index (χ3n) is 5.24. The van der Waals surface area contributed by atoms with Gasteiger partial charge < -0.3 is 9.47 Å². The number of hydrogen-bond acceptors (Lipinski definition) is 6. The van der Waals surface area contributed by atoms with E-state index in [1.807, 2.05) is 26.8 Å². The Morgan fingerprint density at radius 1 is 1.27 bits per heavy atom. The predicted octanol–water partition coefficient (Wildman–Crippen LogP) is 3.67. The minimum absolute atomic E-state index is 0.0935. The molecular formula is C21H24N2O5S2. The molecule has 1 atom stereocenters. The number of aryl methyl sites for hydroxylation is 1. The molecule has 2 aromatic carbocycles. The van der Waals surface area contributed by atoms with Gasteiger partial charge >= 0.3 is 4.87 Å². The average Bonchev–Trinajstić information content (AvgIpc) is 3.00. The van der Waals surface area contributed by atoms with Gasteiger partial charge in [0.15, 0.2) is 0 Å². The minimum atomic E-state index is -3.81. The predicted molar refractivity (Wildman–Crippen MR) is 117 cm³/mol. The Labute approximate surface area is 179 Å². The standard InChI is InChI=1S/C21H24N2O5S2/c1-5-23-17-9-7-14(11-19(17)29-20(23)24)30(25,26)22-16-12-21(2,3)28-18-10-13(27-4)6-8-15(16)18/h6-11,16,22H,5,12H2,1-4H3/t16-/m0/s1. The molecule has 0 saturated heterocycles. The Kier molecular flexibility index (Phi) is 5.16. The van der Waals surface area contributed by atoms with Crippen LogP contribution >= 0.6 is 11.3 Å². The van der Waals surface area contributed by atoms with Crippen molar-refractivity contribution in [2.24, 2.45) is 0 Å². The van der Waals surface area contributed by atoms with E-state index in [1.165, 1.54) is 0 Å². The number of thiazole rings is 1. The van der Waals surface area contributed by atoms with Crippen LogP contribution in [0.25, 0.3) is 10.2 Å². The first-order valence-corrected chi connectivity index (χ1v) is 12.0. The fourth-order valence-electron chi connectivity index (χ4n) is 3.83. The van der Waals surface area contributed by atoms with Crippen LogP contribution in [0.2, 0.25) is 0 Å². The number of fused-ring (bicyclic) bond motifs is 2. The third-order valence-corrected chi connectivity index (χ3v) is 7.65. The number of sulfonamides is 1. The highest BCUT2D eigenvalue weighted by molar-refractivity contribution is 7.89. The summed E-state index contributed by atoms with van der Waals surface area (Å²) >= 11 is 1.05. The molecule has 0 aliphatic carbocycles. The van der Waals surface area contributed by atoms with E-state index < -0.39 is 21.7 Å². The van der Waals surface area contributed by atoms with Crippen molar-refractivity contribution in [3.63, 3.8) is 0 Å². The molecule has 30 heavy (non-hydrogen) atoms. The van der Waals surface area contributed by atoms with Crippen molar-refractivity contribution >= 4 is 31.6 Å². The highest BCUT2D eigenvalue weighted by atomic mass is 32.2. The second-order valence-corrected chi connectivity index (χ2v) is 10.6. The van der Waals surface area contributed by atoms with E-state index in [4.69, 9.17) is 9.47 Å². The number of aromatic nitrogens is 1. The number of nitrogens with zero attached hydrogens (tertiary/aromatic N) is 1. The van der Waals surface area contributed by atoms with Crippen molar-refractivity contribution < 1.29 is 17.9 Å². The lowest BCUT2D eigenvalue weighted by molar-refractivity contribution is 0.0699. The van der Waals surface area contributed by atoms with Crippen LogP contribution < -0.4 is 19.1 Å². The lowest BCUT2D eigenvalue weighted by Crippen LogP contribution is -2.41. The normalized spacial score (nSPS) is 18.1. The third kappa shape index (κ3) is 3.73. The molecule has 4 rings (SSSR count). The van der Waals surface area contributed by atoms with Crippen LogP contribution in [0, 0.1) is 0 Å². The second-order valence-electron chi connectivity index (χ2n) is 7.89. The Hall–Kier alpha value is -2.36. The van der Waals surface area contributed by atoms with E-state index in [0.717, 1.165) is 22.4 Å². The molecule has 0 amide bonds. The molecule has 0 radical (unpaired) electrons. The van der Waals surface area contributed by atoms with Gasteiger partial charge in [0, 0.05) is 24.6 Å². The lowest BCUT2D eigenvalue weighted by atomic mass is 9.90. The molecule has 160 valence electrons. The maximum absolute atomic E-state index is 13.2. The fraction of sp³-hybridized carbons (Fsp3) is 0.381. The van der Waals surface area contributed by atoms with Crippen molar-refractivity contribution in [2.75, 3.05) is 7.11 Å². The van der Waals surface area contributed by atoms with Crippen LogP contribution in [-0.4, -0.2) is 25.7 Å². The molecule has 2 heterocycles. The lowest BCUT2D eigenvalue weighted by Gasteiger charge is -2.37. The Balaban J connectivity index is 1.71. The monoisotopic (exact) mass is 448 g/mol. The summed E-state index contributed by atoms with van der Waals surface area (Å²) in [5, 5.41) is 0. The van der Waals surface area contributed by atoms with Gasteiger partial charge in [0.2, 0.25) is 10.0 Å². The van der Waals surface area contributed by atoms with Crippen molar-refractivity contribution in [3.05, 3.63) is 51.6 Å². The van der Waals surface area contributed by atoms with Gasteiger partial charge in [0.1, 0.15) is 17.1 Å². The molecular weight excluding hydrogens is 424 g/mol. The first kappa shape index (κ1) is 20.9. The molecule has 1 aliphatic rings. The molecule has 9 heteroatoms. The van der Waals surface area contributed by atoms with Crippen LogP contribution in [0.15, 0.2) is 46.1 Å². The summed E-state index contributed by atoms with van der Waals surface area (Å²) in [6.07, 6.45) is 0.480. The molecule has 0 spiro atoms. The molecule has 0 fully saturated rings.